The SMILES string of the molecule is Nc1ncccc1C(O)c1nc(N2CC3CCC(C2)N3)ccc1C(F)(F)F. The first kappa shape index (κ1) is 18.0. The number of rotatable bonds is 3. The number of aromatic nitrogens is 2. The summed E-state index contributed by atoms with van der Waals surface area (Å²) >= 11 is 0. The minimum absolute atomic E-state index is 0.0226. The summed E-state index contributed by atoms with van der Waals surface area (Å²) in [6, 6.07) is 5.95. The molecule has 2 bridgehead atoms. The number of nitrogen functional groups attached to an aromatic ring is 1. The molecular weight excluding hydrogens is 359 g/mol. The van der Waals surface area contributed by atoms with Gasteiger partial charge in [-0.3, -0.25) is 0 Å². The van der Waals surface area contributed by atoms with Gasteiger partial charge in [-0.25, -0.2) is 9.97 Å². The van der Waals surface area contributed by atoms with Gasteiger partial charge in [0.25, 0.3) is 0 Å². The minimum atomic E-state index is -4.64. The van der Waals surface area contributed by atoms with Gasteiger partial charge in [-0.05, 0) is 31.0 Å². The Kier molecular flexibility index (Phi) is 4.43. The molecule has 3 atom stereocenters. The van der Waals surface area contributed by atoms with Gasteiger partial charge in [0.1, 0.15) is 17.7 Å². The second kappa shape index (κ2) is 6.65. The number of hydrogen-bond acceptors (Lipinski definition) is 6. The first-order chi connectivity index (χ1) is 12.8. The molecule has 0 saturated carbocycles. The summed E-state index contributed by atoms with van der Waals surface area (Å²) in [5, 5.41) is 14.1. The molecule has 0 aromatic carbocycles. The highest BCUT2D eigenvalue weighted by atomic mass is 19.4. The first-order valence-electron chi connectivity index (χ1n) is 8.80. The molecule has 2 fully saturated rings. The largest absolute Gasteiger partial charge is 0.418 e. The molecule has 0 amide bonds. The standard InChI is InChI=1S/C18H20F3N5O/c19-18(20,21)13-5-6-14(26-8-10-3-4-11(9-26)24-10)25-15(13)16(27)12-2-1-7-23-17(12)22/h1-2,5-7,10-11,16,24,27H,3-4,8-9H2,(H2,22,23). The lowest BCUT2D eigenvalue weighted by atomic mass is 10.0. The fourth-order valence-corrected chi connectivity index (χ4v) is 3.88. The molecule has 4 N–H and O–H groups in total. The van der Waals surface area contributed by atoms with Gasteiger partial charge in [0, 0.05) is 36.9 Å². The van der Waals surface area contributed by atoms with Crippen LogP contribution in [-0.2, 0) is 6.18 Å². The maximum Gasteiger partial charge on any atom is 0.418 e. The summed E-state index contributed by atoms with van der Waals surface area (Å²) in [5.41, 5.74) is 4.42. The van der Waals surface area contributed by atoms with E-state index in [2.05, 4.69) is 15.3 Å². The molecule has 4 rings (SSSR count). The van der Waals surface area contributed by atoms with Gasteiger partial charge in [-0.15, -0.1) is 0 Å². The van der Waals surface area contributed by atoms with Crippen LogP contribution in [-0.4, -0.2) is 40.2 Å². The molecule has 144 valence electrons. The van der Waals surface area contributed by atoms with Crippen molar-refractivity contribution in [2.24, 2.45) is 0 Å². The Morgan fingerprint density at radius 2 is 1.89 bits per heavy atom. The van der Waals surface area contributed by atoms with Gasteiger partial charge in [0.15, 0.2) is 0 Å². The van der Waals surface area contributed by atoms with Gasteiger partial charge in [0.2, 0.25) is 0 Å². The van der Waals surface area contributed by atoms with Crippen LogP contribution in [0.15, 0.2) is 30.5 Å². The number of halogens is 3. The van der Waals surface area contributed by atoms with Crippen molar-refractivity contribution in [1.82, 2.24) is 15.3 Å². The van der Waals surface area contributed by atoms with E-state index in [-0.39, 0.29) is 11.4 Å². The maximum atomic E-state index is 13.5. The zero-order valence-corrected chi connectivity index (χ0v) is 14.4. The third-order valence-electron chi connectivity index (χ3n) is 5.18. The Hall–Kier alpha value is -2.39. The molecule has 27 heavy (non-hydrogen) atoms. The molecule has 2 saturated heterocycles. The van der Waals surface area contributed by atoms with Crippen LogP contribution in [0.3, 0.4) is 0 Å². The summed E-state index contributed by atoms with van der Waals surface area (Å²) in [5.74, 6) is 0.406. The van der Waals surface area contributed by atoms with Crippen LogP contribution in [0.1, 0.15) is 35.8 Å². The smallest absolute Gasteiger partial charge is 0.383 e. The molecule has 2 aliphatic heterocycles. The summed E-state index contributed by atoms with van der Waals surface area (Å²) in [4.78, 5) is 10.0. The summed E-state index contributed by atoms with van der Waals surface area (Å²) in [7, 11) is 0. The second-order valence-electron chi connectivity index (χ2n) is 7.02. The molecule has 9 heteroatoms. The lowest BCUT2D eigenvalue weighted by molar-refractivity contribution is -0.139. The molecule has 2 aromatic rings. The minimum Gasteiger partial charge on any atom is -0.383 e. The van der Waals surface area contributed by atoms with Gasteiger partial charge in [-0.1, -0.05) is 6.07 Å². The highest BCUT2D eigenvalue weighted by molar-refractivity contribution is 5.49. The molecule has 0 aliphatic carbocycles. The van der Waals surface area contributed by atoms with E-state index < -0.39 is 23.5 Å². The zero-order chi connectivity index (χ0) is 19.2. The highest BCUT2D eigenvalue weighted by Crippen LogP contribution is 2.38. The fourth-order valence-electron chi connectivity index (χ4n) is 3.88. The van der Waals surface area contributed by atoms with Crippen LogP contribution < -0.4 is 16.0 Å². The number of aliphatic hydroxyl groups excluding tert-OH is 1. The Labute approximate surface area is 154 Å². The number of piperazine rings is 1. The Balaban J connectivity index is 1.74. The van der Waals surface area contributed by atoms with Crippen molar-refractivity contribution in [2.45, 2.75) is 37.2 Å². The third-order valence-corrected chi connectivity index (χ3v) is 5.18. The molecule has 2 aliphatic rings. The van der Waals surface area contributed by atoms with Crippen molar-refractivity contribution in [3.05, 3.63) is 47.3 Å². The molecule has 0 spiro atoms. The van der Waals surface area contributed by atoms with Crippen molar-refractivity contribution in [3.63, 3.8) is 0 Å². The van der Waals surface area contributed by atoms with Gasteiger partial charge < -0.3 is 21.1 Å². The van der Waals surface area contributed by atoms with E-state index in [0.717, 1.165) is 18.9 Å². The van der Waals surface area contributed by atoms with Crippen LogP contribution in [0, 0.1) is 0 Å². The molecule has 4 heterocycles. The zero-order valence-electron chi connectivity index (χ0n) is 14.4. The van der Waals surface area contributed by atoms with Crippen LogP contribution in [0.4, 0.5) is 24.8 Å². The van der Waals surface area contributed by atoms with Crippen molar-refractivity contribution >= 4 is 11.6 Å². The number of hydrogen-bond donors (Lipinski definition) is 3. The van der Waals surface area contributed by atoms with E-state index in [1.807, 2.05) is 4.90 Å². The van der Waals surface area contributed by atoms with E-state index >= 15 is 0 Å². The van der Waals surface area contributed by atoms with Crippen LogP contribution in [0.25, 0.3) is 0 Å². The number of aliphatic hydroxyl groups is 1. The topological polar surface area (TPSA) is 87.3 Å². The third kappa shape index (κ3) is 3.44. The highest BCUT2D eigenvalue weighted by Gasteiger charge is 2.38. The van der Waals surface area contributed by atoms with Crippen LogP contribution >= 0.6 is 0 Å². The second-order valence-corrected chi connectivity index (χ2v) is 7.02. The van der Waals surface area contributed by atoms with E-state index in [0.29, 0.717) is 31.0 Å². The Bertz CT molecular complexity index is 832. The Morgan fingerprint density at radius 1 is 1.19 bits per heavy atom. The monoisotopic (exact) mass is 379 g/mol. The number of anilines is 2. The predicted molar refractivity (Wildman–Crippen MR) is 94.1 cm³/mol. The van der Waals surface area contributed by atoms with Crippen molar-refractivity contribution in [3.8, 4) is 0 Å². The molecule has 6 nitrogen and oxygen atoms in total. The number of nitrogens with two attached hydrogens (primary N) is 1. The van der Waals surface area contributed by atoms with Crippen LogP contribution in [0.2, 0.25) is 0 Å². The molecule has 0 radical (unpaired) electrons. The average Bonchev–Trinajstić information content (AvgIpc) is 2.98. The van der Waals surface area contributed by atoms with E-state index in [4.69, 9.17) is 5.73 Å². The van der Waals surface area contributed by atoms with Gasteiger partial charge in [-0.2, -0.15) is 13.2 Å². The van der Waals surface area contributed by atoms with Crippen LogP contribution in [0.5, 0.6) is 0 Å². The number of nitrogens with one attached hydrogen (secondary N) is 1. The van der Waals surface area contributed by atoms with Crippen molar-refractivity contribution in [1.29, 1.82) is 0 Å². The normalized spacial score (nSPS) is 23.5. The van der Waals surface area contributed by atoms with E-state index in [9.17, 15) is 18.3 Å². The average molecular weight is 379 g/mol. The first-order valence-corrected chi connectivity index (χ1v) is 8.80. The number of pyridine rings is 2. The summed E-state index contributed by atoms with van der Waals surface area (Å²) in [6.45, 7) is 1.36. The molecule has 3 unspecified atom stereocenters. The fraction of sp³-hybridized carbons (Fsp3) is 0.444. The molecule has 2 aromatic heterocycles. The Morgan fingerprint density at radius 3 is 2.52 bits per heavy atom. The van der Waals surface area contributed by atoms with E-state index in [1.165, 1.54) is 24.4 Å². The summed E-state index contributed by atoms with van der Waals surface area (Å²) < 4.78 is 40.5. The number of fused-ring (bicyclic) bond motifs is 2. The quantitative estimate of drug-likeness (QED) is 0.757. The van der Waals surface area contributed by atoms with Crippen molar-refractivity contribution in [2.75, 3.05) is 23.7 Å². The number of alkyl halides is 3. The lowest BCUT2D eigenvalue weighted by Gasteiger charge is -2.34. The lowest BCUT2D eigenvalue weighted by Crippen LogP contribution is -2.51. The maximum absolute atomic E-state index is 13.5. The summed E-state index contributed by atoms with van der Waals surface area (Å²) in [6.07, 6.45) is -2.75. The van der Waals surface area contributed by atoms with Crippen molar-refractivity contribution < 1.29 is 18.3 Å². The van der Waals surface area contributed by atoms with E-state index in [1.54, 1.807) is 0 Å². The number of nitrogens with zero attached hydrogens (tertiary/aromatic N) is 3. The predicted octanol–water partition coefficient (Wildman–Crippen LogP) is 2.10. The van der Waals surface area contributed by atoms with Gasteiger partial charge >= 0.3 is 6.18 Å². The molecular formula is C18H20F3N5O. The van der Waals surface area contributed by atoms with Gasteiger partial charge in [0.05, 0.1) is 11.3 Å².